The number of ether oxygens (including phenoxy) is 1. The van der Waals surface area contributed by atoms with Crippen LogP contribution in [-0.4, -0.2) is 34.4 Å². The molecule has 2 aliphatic rings. The third-order valence-corrected chi connectivity index (χ3v) is 5.95. The fourth-order valence-electron chi connectivity index (χ4n) is 3.73. The van der Waals surface area contributed by atoms with Crippen molar-refractivity contribution < 1.29 is 19.7 Å². The van der Waals surface area contributed by atoms with Crippen LogP contribution < -0.4 is 0 Å². The second-order valence-electron chi connectivity index (χ2n) is 7.30. The molecule has 1 unspecified atom stereocenters. The summed E-state index contributed by atoms with van der Waals surface area (Å²) in [6.45, 7) is 5.53. The minimum atomic E-state index is -0.955. The number of hydrogen-bond donors (Lipinski definition) is 2. The van der Waals surface area contributed by atoms with Crippen molar-refractivity contribution in [3.8, 4) is 0 Å². The standard InChI is InChI=1S/C17H22INO4/c1-17(2)7-10-12(11(20)8-17)14(18)13(16(21)22)15(19-10)9-3-5-23-6-4-9/h9,11,20H,3-8H2,1-2H3,(H,21,22). The molecule has 126 valence electrons. The number of aliphatic hydroxyl groups is 1. The van der Waals surface area contributed by atoms with Crippen LogP contribution in [0, 0.1) is 8.99 Å². The molecule has 0 aromatic carbocycles. The van der Waals surface area contributed by atoms with Crippen LogP contribution in [0.25, 0.3) is 0 Å². The molecule has 6 heteroatoms. The Labute approximate surface area is 149 Å². The van der Waals surface area contributed by atoms with Crippen molar-refractivity contribution in [2.45, 2.75) is 51.6 Å². The number of fused-ring (bicyclic) bond motifs is 1. The normalized spacial score (nSPS) is 24.3. The van der Waals surface area contributed by atoms with Gasteiger partial charge >= 0.3 is 5.97 Å². The molecule has 1 fully saturated rings. The number of aromatic carboxylic acids is 1. The maximum absolute atomic E-state index is 11.8. The van der Waals surface area contributed by atoms with E-state index >= 15 is 0 Å². The number of carboxylic acids is 1. The zero-order valence-corrected chi connectivity index (χ0v) is 15.6. The van der Waals surface area contributed by atoms with Crippen molar-refractivity contribution in [3.05, 3.63) is 26.1 Å². The summed E-state index contributed by atoms with van der Waals surface area (Å²) in [6.07, 6.45) is 2.36. The predicted molar refractivity (Wildman–Crippen MR) is 93.8 cm³/mol. The van der Waals surface area contributed by atoms with Crippen LogP contribution in [-0.2, 0) is 11.2 Å². The molecule has 1 aromatic heterocycles. The molecule has 0 bridgehead atoms. The van der Waals surface area contributed by atoms with E-state index in [0.717, 1.165) is 30.5 Å². The molecule has 1 atom stereocenters. The van der Waals surface area contributed by atoms with E-state index in [2.05, 4.69) is 36.4 Å². The molecule has 0 spiro atoms. The third kappa shape index (κ3) is 3.25. The minimum Gasteiger partial charge on any atom is -0.478 e. The monoisotopic (exact) mass is 431 g/mol. The Balaban J connectivity index is 2.16. The van der Waals surface area contributed by atoms with Gasteiger partial charge in [-0.1, -0.05) is 13.8 Å². The number of nitrogens with zero attached hydrogens (tertiary/aromatic N) is 1. The van der Waals surface area contributed by atoms with Gasteiger partial charge in [0.15, 0.2) is 0 Å². The van der Waals surface area contributed by atoms with Gasteiger partial charge in [0.2, 0.25) is 0 Å². The van der Waals surface area contributed by atoms with Crippen LogP contribution in [0.4, 0.5) is 0 Å². The zero-order chi connectivity index (χ0) is 16.8. The topological polar surface area (TPSA) is 79.7 Å². The zero-order valence-electron chi connectivity index (χ0n) is 13.4. The summed E-state index contributed by atoms with van der Waals surface area (Å²) in [5.41, 5.74) is 2.51. The van der Waals surface area contributed by atoms with Gasteiger partial charge < -0.3 is 14.9 Å². The molecular formula is C17H22INO4. The Bertz CT molecular complexity index is 638. The first-order valence-corrected chi connectivity index (χ1v) is 9.09. The third-order valence-electron chi connectivity index (χ3n) is 4.83. The number of carboxylic acid groups (broad SMARTS) is 1. The van der Waals surface area contributed by atoms with Crippen LogP contribution in [0.1, 0.15) is 72.4 Å². The highest BCUT2D eigenvalue weighted by atomic mass is 127. The van der Waals surface area contributed by atoms with Gasteiger partial charge in [0.05, 0.1) is 17.4 Å². The highest BCUT2D eigenvalue weighted by molar-refractivity contribution is 14.1. The molecule has 0 amide bonds. The van der Waals surface area contributed by atoms with Gasteiger partial charge in [0.25, 0.3) is 0 Å². The molecular weight excluding hydrogens is 409 g/mol. The maximum atomic E-state index is 11.8. The van der Waals surface area contributed by atoms with E-state index in [1.807, 2.05) is 0 Å². The highest BCUT2D eigenvalue weighted by Crippen LogP contribution is 2.44. The largest absolute Gasteiger partial charge is 0.478 e. The average molecular weight is 431 g/mol. The molecule has 2 N–H and O–H groups in total. The molecule has 23 heavy (non-hydrogen) atoms. The quantitative estimate of drug-likeness (QED) is 0.703. The van der Waals surface area contributed by atoms with Gasteiger partial charge in [0, 0.05) is 34.0 Å². The van der Waals surface area contributed by atoms with Crippen LogP contribution in [0.15, 0.2) is 0 Å². The minimum absolute atomic E-state index is 0.0276. The van der Waals surface area contributed by atoms with E-state index in [1.54, 1.807) is 0 Å². The van der Waals surface area contributed by atoms with Crippen LogP contribution >= 0.6 is 22.6 Å². The smallest absolute Gasteiger partial charge is 0.338 e. The molecule has 3 rings (SSSR count). The average Bonchev–Trinajstić information content (AvgIpc) is 2.45. The molecule has 5 nitrogen and oxygen atoms in total. The molecule has 1 saturated heterocycles. The lowest BCUT2D eigenvalue weighted by Crippen LogP contribution is -2.30. The summed E-state index contributed by atoms with van der Waals surface area (Å²) in [7, 11) is 0. The summed E-state index contributed by atoms with van der Waals surface area (Å²) >= 11 is 2.08. The van der Waals surface area contributed by atoms with Crippen molar-refractivity contribution in [1.82, 2.24) is 4.98 Å². The van der Waals surface area contributed by atoms with Crippen LogP contribution in [0.5, 0.6) is 0 Å². The first-order valence-electron chi connectivity index (χ1n) is 8.01. The van der Waals surface area contributed by atoms with Gasteiger partial charge in [0.1, 0.15) is 0 Å². The second-order valence-corrected chi connectivity index (χ2v) is 8.38. The fourth-order valence-corrected chi connectivity index (χ4v) is 4.91. The van der Waals surface area contributed by atoms with E-state index in [-0.39, 0.29) is 16.9 Å². The first-order chi connectivity index (χ1) is 10.8. The number of pyridine rings is 1. The fraction of sp³-hybridized carbons (Fsp3) is 0.647. The van der Waals surface area contributed by atoms with Crippen molar-refractivity contribution in [2.24, 2.45) is 5.41 Å². The van der Waals surface area contributed by atoms with Crippen LogP contribution in [0.3, 0.4) is 0 Å². The van der Waals surface area contributed by atoms with Gasteiger partial charge in [-0.2, -0.15) is 0 Å². The Morgan fingerprint density at radius 3 is 2.61 bits per heavy atom. The maximum Gasteiger partial charge on any atom is 0.338 e. The number of hydrogen-bond acceptors (Lipinski definition) is 4. The molecule has 0 saturated carbocycles. The van der Waals surface area contributed by atoms with Crippen molar-refractivity contribution >= 4 is 28.6 Å². The van der Waals surface area contributed by atoms with Gasteiger partial charge in [-0.05, 0) is 53.7 Å². The Morgan fingerprint density at radius 2 is 2.00 bits per heavy atom. The molecule has 0 radical (unpaired) electrons. The number of carbonyl (C=O) groups is 1. The summed E-state index contributed by atoms with van der Waals surface area (Å²) in [6, 6.07) is 0. The van der Waals surface area contributed by atoms with Gasteiger partial charge in [-0.15, -0.1) is 0 Å². The van der Waals surface area contributed by atoms with E-state index in [0.29, 0.717) is 28.9 Å². The molecule has 1 aliphatic carbocycles. The van der Waals surface area contributed by atoms with Crippen molar-refractivity contribution in [2.75, 3.05) is 13.2 Å². The summed E-state index contributed by atoms with van der Waals surface area (Å²) in [4.78, 5) is 16.6. The molecule has 2 heterocycles. The Morgan fingerprint density at radius 1 is 1.35 bits per heavy atom. The number of halogens is 1. The van der Waals surface area contributed by atoms with E-state index in [9.17, 15) is 15.0 Å². The van der Waals surface area contributed by atoms with Crippen molar-refractivity contribution in [3.63, 3.8) is 0 Å². The second kappa shape index (κ2) is 6.29. The number of rotatable bonds is 2. The Kier molecular flexibility index (Phi) is 4.68. The lowest BCUT2D eigenvalue weighted by atomic mass is 9.74. The van der Waals surface area contributed by atoms with E-state index in [1.165, 1.54) is 0 Å². The lowest BCUT2D eigenvalue weighted by molar-refractivity contribution is 0.0677. The van der Waals surface area contributed by atoms with E-state index < -0.39 is 12.1 Å². The first kappa shape index (κ1) is 17.1. The van der Waals surface area contributed by atoms with Crippen molar-refractivity contribution in [1.29, 1.82) is 0 Å². The number of aliphatic hydroxyl groups excluding tert-OH is 1. The summed E-state index contributed by atoms with van der Waals surface area (Å²) in [5.74, 6) is -0.834. The lowest BCUT2D eigenvalue weighted by Gasteiger charge is -2.36. The molecule has 1 aliphatic heterocycles. The van der Waals surface area contributed by atoms with Gasteiger partial charge in [-0.25, -0.2) is 4.79 Å². The Hall–Kier alpha value is -0.730. The SMILES string of the molecule is CC1(C)Cc2nc(C3CCOCC3)c(C(=O)O)c(I)c2C(O)C1. The van der Waals surface area contributed by atoms with Crippen LogP contribution in [0.2, 0.25) is 0 Å². The van der Waals surface area contributed by atoms with Gasteiger partial charge in [-0.3, -0.25) is 4.98 Å². The highest BCUT2D eigenvalue weighted by Gasteiger charge is 2.37. The number of aromatic nitrogens is 1. The summed E-state index contributed by atoms with van der Waals surface area (Å²) < 4.78 is 6.05. The predicted octanol–water partition coefficient (Wildman–Crippen LogP) is 3.28. The van der Waals surface area contributed by atoms with E-state index in [4.69, 9.17) is 9.72 Å². The summed E-state index contributed by atoms with van der Waals surface area (Å²) in [5, 5.41) is 20.2. The molecule has 1 aromatic rings.